The molecule has 1 atom stereocenters. The Morgan fingerprint density at radius 1 is 1.32 bits per heavy atom. The molecule has 0 spiro atoms. The zero-order valence-corrected chi connectivity index (χ0v) is 14.1. The fourth-order valence-electron chi connectivity index (χ4n) is 1.98. The van der Waals surface area contributed by atoms with Gasteiger partial charge in [0, 0.05) is 17.0 Å². The first kappa shape index (κ1) is 16.4. The largest absolute Gasteiger partial charge is 0.497 e. The number of carbonyl (C=O) groups excluding carboxylic acids is 1. The molecule has 0 bridgehead atoms. The number of anilines is 1. The lowest BCUT2D eigenvalue weighted by atomic mass is 10.3. The minimum atomic E-state index is -0.220. The van der Waals surface area contributed by atoms with Crippen LogP contribution in [0.2, 0.25) is 0 Å². The minimum Gasteiger partial charge on any atom is -0.497 e. The van der Waals surface area contributed by atoms with E-state index in [0.717, 1.165) is 16.5 Å². The molecule has 2 aromatic rings. The lowest BCUT2D eigenvalue weighted by Crippen LogP contribution is -2.24. The average Bonchev–Trinajstić information content (AvgIpc) is 2.95. The topological polar surface area (TPSA) is 56.1 Å². The number of nitrogens with zero attached hydrogens (tertiary/aromatic N) is 2. The highest BCUT2D eigenvalue weighted by Gasteiger charge is 2.17. The number of thioether (sulfide) groups is 1. The second-order valence-electron chi connectivity index (χ2n) is 5.18. The first-order valence-electron chi connectivity index (χ1n) is 7.16. The molecule has 5 nitrogen and oxygen atoms in total. The van der Waals surface area contributed by atoms with E-state index in [1.165, 1.54) is 11.8 Å². The third-order valence-electron chi connectivity index (χ3n) is 3.13. The van der Waals surface area contributed by atoms with Gasteiger partial charge in [-0.3, -0.25) is 4.79 Å². The van der Waals surface area contributed by atoms with Gasteiger partial charge in [0.15, 0.2) is 0 Å². The summed E-state index contributed by atoms with van der Waals surface area (Å²) in [5.74, 6) is 1.46. The van der Waals surface area contributed by atoms with E-state index in [0.29, 0.717) is 0 Å². The summed E-state index contributed by atoms with van der Waals surface area (Å²) in [6.07, 6.45) is 1.69. The molecular formula is C16H21N3O2S. The van der Waals surface area contributed by atoms with Gasteiger partial charge >= 0.3 is 0 Å². The Balaban J connectivity index is 2.01. The monoisotopic (exact) mass is 319 g/mol. The van der Waals surface area contributed by atoms with Gasteiger partial charge < -0.3 is 10.1 Å². The van der Waals surface area contributed by atoms with Crippen molar-refractivity contribution in [2.45, 2.75) is 37.0 Å². The number of benzene rings is 1. The van der Waals surface area contributed by atoms with Gasteiger partial charge in [0.05, 0.1) is 18.6 Å². The van der Waals surface area contributed by atoms with Crippen LogP contribution in [-0.4, -0.2) is 28.0 Å². The number of carbonyl (C=O) groups is 1. The molecule has 6 heteroatoms. The number of ether oxygens (including phenoxy) is 1. The minimum absolute atomic E-state index is 0.0461. The molecule has 1 N–H and O–H groups in total. The van der Waals surface area contributed by atoms with Crippen molar-refractivity contribution >= 4 is 23.5 Å². The molecule has 0 aliphatic rings. The maximum absolute atomic E-state index is 12.3. The van der Waals surface area contributed by atoms with Gasteiger partial charge in [-0.05, 0) is 39.0 Å². The normalized spacial score (nSPS) is 12.2. The Kier molecular flexibility index (Phi) is 5.49. The quantitative estimate of drug-likeness (QED) is 0.827. The van der Waals surface area contributed by atoms with Crippen LogP contribution in [0.25, 0.3) is 0 Å². The van der Waals surface area contributed by atoms with Crippen LogP contribution in [0, 0.1) is 0 Å². The molecule has 2 rings (SSSR count). The van der Waals surface area contributed by atoms with Crippen molar-refractivity contribution in [3.63, 3.8) is 0 Å². The second kappa shape index (κ2) is 7.35. The summed E-state index contributed by atoms with van der Waals surface area (Å²) < 4.78 is 6.99. The van der Waals surface area contributed by atoms with E-state index in [2.05, 4.69) is 10.4 Å². The standard InChI is InChI=1S/C16H21N3O2S/c1-11(2)19-15(8-9-17-19)18-16(20)12(3)22-14-7-5-6-13(10-14)21-4/h5-12H,1-4H3,(H,18,20). The Morgan fingerprint density at radius 3 is 2.77 bits per heavy atom. The molecule has 0 radical (unpaired) electrons. The summed E-state index contributed by atoms with van der Waals surface area (Å²) in [7, 11) is 1.63. The van der Waals surface area contributed by atoms with Gasteiger partial charge in [-0.2, -0.15) is 5.10 Å². The first-order valence-corrected chi connectivity index (χ1v) is 8.04. The van der Waals surface area contributed by atoms with Crippen LogP contribution < -0.4 is 10.1 Å². The van der Waals surface area contributed by atoms with Crippen LogP contribution in [0.4, 0.5) is 5.82 Å². The Hall–Kier alpha value is -1.95. The van der Waals surface area contributed by atoms with Crippen LogP contribution >= 0.6 is 11.8 Å². The van der Waals surface area contributed by atoms with Crippen molar-refractivity contribution in [2.75, 3.05) is 12.4 Å². The summed E-state index contributed by atoms with van der Waals surface area (Å²) >= 11 is 1.50. The van der Waals surface area contributed by atoms with Crippen LogP contribution in [-0.2, 0) is 4.79 Å². The molecule has 1 aromatic heterocycles. The number of methoxy groups -OCH3 is 1. The molecule has 0 saturated carbocycles. The highest BCUT2D eigenvalue weighted by Crippen LogP contribution is 2.27. The van der Waals surface area contributed by atoms with Crippen molar-refractivity contribution in [1.82, 2.24) is 9.78 Å². The van der Waals surface area contributed by atoms with Crippen molar-refractivity contribution in [3.8, 4) is 5.75 Å². The van der Waals surface area contributed by atoms with E-state index in [9.17, 15) is 4.79 Å². The van der Waals surface area contributed by atoms with Gasteiger partial charge in [0.1, 0.15) is 11.6 Å². The molecule has 0 aliphatic heterocycles. The SMILES string of the molecule is COc1cccc(SC(C)C(=O)Nc2ccnn2C(C)C)c1. The number of amides is 1. The van der Waals surface area contributed by atoms with Gasteiger partial charge in [-0.25, -0.2) is 4.68 Å². The van der Waals surface area contributed by atoms with E-state index >= 15 is 0 Å². The van der Waals surface area contributed by atoms with Crippen LogP contribution in [0.15, 0.2) is 41.4 Å². The smallest absolute Gasteiger partial charge is 0.238 e. The first-order chi connectivity index (χ1) is 10.5. The molecular weight excluding hydrogens is 298 g/mol. The number of hydrogen-bond donors (Lipinski definition) is 1. The maximum Gasteiger partial charge on any atom is 0.238 e. The zero-order chi connectivity index (χ0) is 16.1. The predicted octanol–water partition coefficient (Wildman–Crippen LogP) is 3.59. The lowest BCUT2D eigenvalue weighted by molar-refractivity contribution is -0.115. The van der Waals surface area contributed by atoms with E-state index in [4.69, 9.17) is 4.74 Å². The van der Waals surface area contributed by atoms with Crippen molar-refractivity contribution < 1.29 is 9.53 Å². The molecule has 1 heterocycles. The third-order valence-corrected chi connectivity index (χ3v) is 4.23. The highest BCUT2D eigenvalue weighted by molar-refractivity contribution is 8.00. The van der Waals surface area contributed by atoms with E-state index < -0.39 is 0 Å². The van der Waals surface area contributed by atoms with Crippen molar-refractivity contribution in [2.24, 2.45) is 0 Å². The fraction of sp³-hybridized carbons (Fsp3) is 0.375. The molecule has 118 valence electrons. The molecule has 0 aliphatic carbocycles. The second-order valence-corrected chi connectivity index (χ2v) is 6.60. The van der Waals surface area contributed by atoms with Crippen molar-refractivity contribution in [1.29, 1.82) is 0 Å². The highest BCUT2D eigenvalue weighted by atomic mass is 32.2. The van der Waals surface area contributed by atoms with Gasteiger partial charge in [0.2, 0.25) is 5.91 Å². The molecule has 22 heavy (non-hydrogen) atoms. The number of nitrogens with one attached hydrogen (secondary N) is 1. The Bertz CT molecular complexity index is 640. The summed E-state index contributed by atoms with van der Waals surface area (Å²) in [4.78, 5) is 13.3. The summed E-state index contributed by atoms with van der Waals surface area (Å²) in [5, 5.41) is 6.92. The van der Waals surface area contributed by atoms with Gasteiger partial charge in [-0.1, -0.05) is 6.07 Å². The zero-order valence-electron chi connectivity index (χ0n) is 13.2. The third kappa shape index (κ3) is 4.04. The number of rotatable bonds is 6. The van der Waals surface area contributed by atoms with Crippen LogP contribution in [0.5, 0.6) is 5.75 Å². The number of aromatic nitrogens is 2. The van der Waals surface area contributed by atoms with Crippen molar-refractivity contribution in [3.05, 3.63) is 36.5 Å². The Labute approximate surface area is 135 Å². The summed E-state index contributed by atoms with van der Waals surface area (Å²) in [5.41, 5.74) is 0. The molecule has 1 unspecified atom stereocenters. The molecule has 0 fully saturated rings. The molecule has 1 amide bonds. The summed E-state index contributed by atoms with van der Waals surface area (Å²) in [6, 6.07) is 9.70. The fourth-order valence-corrected chi connectivity index (χ4v) is 2.90. The van der Waals surface area contributed by atoms with Crippen LogP contribution in [0.3, 0.4) is 0 Å². The average molecular weight is 319 g/mol. The van der Waals surface area contributed by atoms with E-state index in [1.54, 1.807) is 24.1 Å². The molecule has 0 saturated heterocycles. The maximum atomic E-state index is 12.3. The Morgan fingerprint density at radius 2 is 2.09 bits per heavy atom. The van der Waals surface area contributed by atoms with Crippen LogP contribution in [0.1, 0.15) is 26.8 Å². The number of hydrogen-bond acceptors (Lipinski definition) is 4. The summed E-state index contributed by atoms with van der Waals surface area (Å²) in [6.45, 7) is 5.93. The van der Waals surface area contributed by atoms with E-state index in [-0.39, 0.29) is 17.2 Å². The van der Waals surface area contributed by atoms with E-state index in [1.807, 2.05) is 45.0 Å². The predicted molar refractivity (Wildman–Crippen MR) is 89.6 cm³/mol. The lowest BCUT2D eigenvalue weighted by Gasteiger charge is -2.15. The van der Waals surface area contributed by atoms with Gasteiger partial charge in [-0.15, -0.1) is 11.8 Å². The van der Waals surface area contributed by atoms with Gasteiger partial charge in [0.25, 0.3) is 0 Å². The molecule has 1 aromatic carbocycles.